The van der Waals surface area contributed by atoms with Crippen molar-refractivity contribution in [2.75, 3.05) is 10.6 Å². The Morgan fingerprint density at radius 3 is 2.34 bits per heavy atom. The van der Waals surface area contributed by atoms with Gasteiger partial charge in [-0.05, 0) is 37.0 Å². The van der Waals surface area contributed by atoms with Crippen LogP contribution in [0.5, 0.6) is 5.75 Å². The number of benzene rings is 1. The van der Waals surface area contributed by atoms with Gasteiger partial charge in [-0.2, -0.15) is 13.2 Å². The summed E-state index contributed by atoms with van der Waals surface area (Å²) in [6.07, 6.45) is -8.57. The van der Waals surface area contributed by atoms with Gasteiger partial charge in [0.2, 0.25) is 0 Å². The fourth-order valence-corrected chi connectivity index (χ4v) is 4.16. The third-order valence-corrected chi connectivity index (χ3v) is 5.20. The number of aryl methyl sites for hydroxylation is 1. The quantitative estimate of drug-likeness (QED) is 0.669. The van der Waals surface area contributed by atoms with Gasteiger partial charge in [0.15, 0.2) is 5.75 Å². The molecule has 0 unspecified atom stereocenters. The molecule has 1 heterocycles. The number of para-hydroxylation sites is 2. The van der Waals surface area contributed by atoms with E-state index in [1.165, 1.54) is 12.1 Å². The minimum absolute atomic E-state index is 0.193. The fraction of sp³-hybridized carbons (Fsp3) is 0.294. The molecule has 2 amide bonds. The van der Waals surface area contributed by atoms with E-state index in [0.29, 0.717) is 29.7 Å². The molecule has 1 aromatic heterocycles. The Labute approximate surface area is 163 Å². The highest BCUT2D eigenvalue weighted by molar-refractivity contribution is 7.17. The number of thiophene rings is 1. The molecule has 2 aromatic rings. The third-order valence-electron chi connectivity index (χ3n) is 3.99. The van der Waals surface area contributed by atoms with E-state index in [-0.39, 0.29) is 16.3 Å². The summed E-state index contributed by atoms with van der Waals surface area (Å²) < 4.78 is 79.3. The molecule has 0 bridgehead atoms. The maximum absolute atomic E-state index is 12.7. The molecular weight excluding hydrogens is 426 g/mol. The van der Waals surface area contributed by atoms with Crippen LogP contribution in [0.15, 0.2) is 24.3 Å². The standard InChI is InChI=1S/C17H12F6N2O3S/c18-16(19,20)15(27)25-14-12(8-4-3-7-11(8)29-14)13(26)24-9-5-1-2-6-10(9)28-17(21,22)23/h1-2,5-6H,3-4,7H2,(H,24,26)(H,25,27). The summed E-state index contributed by atoms with van der Waals surface area (Å²) in [5.74, 6) is -3.87. The molecule has 2 N–H and O–H groups in total. The number of anilines is 2. The minimum atomic E-state index is -5.16. The van der Waals surface area contributed by atoms with Crippen molar-refractivity contribution in [3.8, 4) is 5.75 Å². The summed E-state index contributed by atoms with van der Waals surface area (Å²) in [4.78, 5) is 24.7. The van der Waals surface area contributed by atoms with Crippen molar-refractivity contribution >= 4 is 33.8 Å². The second-order valence-electron chi connectivity index (χ2n) is 6.01. The van der Waals surface area contributed by atoms with Gasteiger partial charge in [-0.15, -0.1) is 24.5 Å². The van der Waals surface area contributed by atoms with Crippen LogP contribution in [0.3, 0.4) is 0 Å². The first-order valence-electron chi connectivity index (χ1n) is 8.14. The smallest absolute Gasteiger partial charge is 0.404 e. The molecule has 12 heteroatoms. The highest BCUT2D eigenvalue weighted by atomic mass is 32.1. The van der Waals surface area contributed by atoms with E-state index in [0.717, 1.165) is 23.5 Å². The second kappa shape index (κ2) is 7.58. The molecule has 0 radical (unpaired) electrons. The van der Waals surface area contributed by atoms with Gasteiger partial charge in [0, 0.05) is 4.88 Å². The lowest BCUT2D eigenvalue weighted by Gasteiger charge is -2.15. The van der Waals surface area contributed by atoms with Gasteiger partial charge in [0.25, 0.3) is 5.91 Å². The average Bonchev–Trinajstić information content (AvgIpc) is 3.14. The lowest BCUT2D eigenvalue weighted by atomic mass is 10.1. The van der Waals surface area contributed by atoms with Crippen LogP contribution in [-0.2, 0) is 17.6 Å². The van der Waals surface area contributed by atoms with Crippen molar-refractivity contribution in [1.29, 1.82) is 0 Å². The predicted molar refractivity (Wildman–Crippen MR) is 92.1 cm³/mol. The van der Waals surface area contributed by atoms with Crippen molar-refractivity contribution in [2.45, 2.75) is 31.8 Å². The molecule has 0 saturated carbocycles. The number of ether oxygens (including phenoxy) is 1. The maximum atomic E-state index is 12.7. The Morgan fingerprint density at radius 2 is 1.69 bits per heavy atom. The zero-order valence-electron chi connectivity index (χ0n) is 14.3. The van der Waals surface area contributed by atoms with Gasteiger partial charge in [0.05, 0.1) is 11.3 Å². The lowest BCUT2D eigenvalue weighted by Crippen LogP contribution is -2.30. The number of carbonyl (C=O) groups excluding carboxylic acids is 2. The first-order chi connectivity index (χ1) is 13.5. The summed E-state index contributed by atoms with van der Waals surface area (Å²) in [6, 6.07) is 4.74. The number of alkyl halides is 6. The van der Waals surface area contributed by atoms with E-state index in [1.807, 2.05) is 0 Å². The molecule has 0 aliphatic heterocycles. The van der Waals surface area contributed by atoms with Gasteiger partial charge < -0.3 is 15.4 Å². The summed E-state index contributed by atoms with van der Waals surface area (Å²) in [5, 5.41) is 3.61. The van der Waals surface area contributed by atoms with Crippen LogP contribution < -0.4 is 15.4 Å². The van der Waals surface area contributed by atoms with E-state index >= 15 is 0 Å². The van der Waals surface area contributed by atoms with Crippen molar-refractivity contribution in [3.05, 3.63) is 40.3 Å². The van der Waals surface area contributed by atoms with E-state index in [4.69, 9.17) is 0 Å². The summed E-state index contributed by atoms with van der Waals surface area (Å²) >= 11 is 0.842. The van der Waals surface area contributed by atoms with E-state index in [1.54, 1.807) is 5.32 Å². The Kier molecular flexibility index (Phi) is 5.48. The first-order valence-corrected chi connectivity index (χ1v) is 8.96. The van der Waals surface area contributed by atoms with Crippen LogP contribution in [0, 0.1) is 0 Å². The Morgan fingerprint density at radius 1 is 1.00 bits per heavy atom. The van der Waals surface area contributed by atoms with Gasteiger partial charge in [0.1, 0.15) is 5.00 Å². The van der Waals surface area contributed by atoms with Crippen LogP contribution in [0.2, 0.25) is 0 Å². The normalized spacial score (nSPS) is 13.7. The molecule has 0 fully saturated rings. The molecule has 0 saturated heterocycles. The number of hydrogen-bond acceptors (Lipinski definition) is 4. The Hall–Kier alpha value is -2.76. The number of fused-ring (bicyclic) bond motifs is 1. The number of carbonyl (C=O) groups is 2. The third kappa shape index (κ3) is 4.81. The second-order valence-corrected chi connectivity index (χ2v) is 7.12. The van der Waals surface area contributed by atoms with Crippen LogP contribution in [0.25, 0.3) is 0 Å². The number of nitrogens with one attached hydrogen (secondary N) is 2. The van der Waals surface area contributed by atoms with Crippen molar-refractivity contribution in [2.24, 2.45) is 0 Å². The largest absolute Gasteiger partial charge is 0.573 e. The number of hydrogen-bond donors (Lipinski definition) is 2. The van der Waals surface area contributed by atoms with Gasteiger partial charge >= 0.3 is 18.4 Å². The average molecular weight is 438 g/mol. The van der Waals surface area contributed by atoms with Gasteiger partial charge in [-0.3, -0.25) is 9.59 Å². The summed E-state index contributed by atoms with van der Waals surface area (Å²) in [7, 11) is 0. The molecule has 1 aliphatic carbocycles. The van der Waals surface area contributed by atoms with E-state index in [9.17, 15) is 35.9 Å². The molecular formula is C17H12F6N2O3S. The van der Waals surface area contributed by atoms with Crippen molar-refractivity contribution in [1.82, 2.24) is 0 Å². The van der Waals surface area contributed by atoms with E-state index < -0.39 is 30.1 Å². The Bertz CT molecular complexity index is 952. The predicted octanol–water partition coefficient (Wildman–Crippen LogP) is 4.89. The van der Waals surface area contributed by atoms with E-state index in [2.05, 4.69) is 10.1 Å². The fourth-order valence-electron chi connectivity index (χ4n) is 2.87. The SMILES string of the molecule is O=C(Nc1ccccc1OC(F)(F)F)c1c(NC(=O)C(F)(F)F)sc2c1CCC2. The first kappa shape index (κ1) is 21.0. The van der Waals surface area contributed by atoms with Crippen molar-refractivity contribution < 1.29 is 40.7 Å². The molecule has 3 rings (SSSR count). The lowest BCUT2D eigenvalue weighted by molar-refractivity contribution is -0.274. The maximum Gasteiger partial charge on any atom is 0.573 e. The van der Waals surface area contributed by atoms with Gasteiger partial charge in [-0.25, -0.2) is 0 Å². The highest BCUT2D eigenvalue weighted by Crippen LogP contribution is 2.40. The molecule has 1 aliphatic rings. The summed E-state index contributed by atoms with van der Waals surface area (Å²) in [5.41, 5.74) is -0.0398. The molecule has 1 aromatic carbocycles. The zero-order chi connectivity index (χ0) is 21.4. The topological polar surface area (TPSA) is 67.4 Å². The molecule has 156 valence electrons. The molecule has 5 nitrogen and oxygen atoms in total. The number of amides is 2. The number of rotatable bonds is 4. The van der Waals surface area contributed by atoms with Gasteiger partial charge in [-0.1, -0.05) is 12.1 Å². The number of halogens is 6. The minimum Gasteiger partial charge on any atom is -0.404 e. The Balaban J connectivity index is 1.92. The van der Waals surface area contributed by atoms with Crippen molar-refractivity contribution in [3.63, 3.8) is 0 Å². The molecule has 0 atom stereocenters. The molecule has 29 heavy (non-hydrogen) atoms. The highest BCUT2D eigenvalue weighted by Gasteiger charge is 2.40. The van der Waals surface area contributed by atoms with Crippen LogP contribution in [0.1, 0.15) is 27.2 Å². The van der Waals surface area contributed by atoms with Crippen LogP contribution in [0.4, 0.5) is 37.0 Å². The monoisotopic (exact) mass is 438 g/mol. The van der Waals surface area contributed by atoms with Crippen LogP contribution >= 0.6 is 11.3 Å². The summed E-state index contributed by atoms with van der Waals surface area (Å²) in [6.45, 7) is 0. The molecule has 0 spiro atoms. The zero-order valence-corrected chi connectivity index (χ0v) is 15.1. The van der Waals surface area contributed by atoms with Crippen LogP contribution in [-0.4, -0.2) is 24.4 Å².